The minimum Gasteiger partial charge on any atom is -0.435 e. The van der Waals surface area contributed by atoms with Crippen LogP contribution in [-0.4, -0.2) is 29.9 Å². The Morgan fingerprint density at radius 3 is 2.48 bits per heavy atom. The van der Waals surface area contributed by atoms with Crippen molar-refractivity contribution in [2.75, 3.05) is 11.9 Å². The van der Waals surface area contributed by atoms with Crippen LogP contribution >= 0.6 is 0 Å². The SMILES string of the molecule is CCC(C)(CCO)NC(=O)Nc1ccc(OC(F)F)cc1. The third kappa shape index (κ3) is 5.95. The second-order valence-corrected chi connectivity index (χ2v) is 4.87. The Morgan fingerprint density at radius 1 is 1.38 bits per heavy atom. The summed E-state index contributed by atoms with van der Waals surface area (Å²) in [4.78, 5) is 11.9. The van der Waals surface area contributed by atoms with Crippen LogP contribution in [0.2, 0.25) is 0 Å². The van der Waals surface area contributed by atoms with Crippen molar-refractivity contribution in [2.45, 2.75) is 38.8 Å². The number of urea groups is 1. The predicted octanol–water partition coefficient (Wildman–Crippen LogP) is 2.96. The van der Waals surface area contributed by atoms with E-state index in [4.69, 9.17) is 5.11 Å². The first-order valence-electron chi connectivity index (χ1n) is 6.63. The van der Waals surface area contributed by atoms with Gasteiger partial charge in [0.05, 0.1) is 0 Å². The molecule has 1 unspecified atom stereocenters. The van der Waals surface area contributed by atoms with Gasteiger partial charge in [0.2, 0.25) is 0 Å². The minimum atomic E-state index is -2.88. The molecule has 0 radical (unpaired) electrons. The normalized spacial score (nSPS) is 13.6. The van der Waals surface area contributed by atoms with Gasteiger partial charge in [0.15, 0.2) is 0 Å². The molecular weight excluding hydrogens is 282 g/mol. The third-order valence-electron chi connectivity index (χ3n) is 3.20. The second kappa shape index (κ2) is 7.78. The summed E-state index contributed by atoms with van der Waals surface area (Å²) in [6.07, 6.45) is 1.11. The molecule has 1 aromatic rings. The van der Waals surface area contributed by atoms with Gasteiger partial charge in [-0.05, 0) is 44.0 Å². The fourth-order valence-electron chi connectivity index (χ4n) is 1.73. The Balaban J connectivity index is 2.58. The predicted molar refractivity (Wildman–Crippen MR) is 75.6 cm³/mol. The number of benzene rings is 1. The molecule has 0 saturated carbocycles. The van der Waals surface area contributed by atoms with Gasteiger partial charge < -0.3 is 20.5 Å². The van der Waals surface area contributed by atoms with Crippen LogP contribution in [0, 0.1) is 0 Å². The number of aliphatic hydroxyl groups excluding tert-OH is 1. The number of nitrogens with one attached hydrogen (secondary N) is 2. The Bertz CT molecular complexity index is 454. The lowest BCUT2D eigenvalue weighted by molar-refractivity contribution is -0.0498. The number of aliphatic hydroxyl groups is 1. The van der Waals surface area contributed by atoms with Crippen molar-refractivity contribution in [3.8, 4) is 5.75 Å². The monoisotopic (exact) mass is 302 g/mol. The van der Waals surface area contributed by atoms with Gasteiger partial charge in [-0.25, -0.2) is 4.79 Å². The first-order chi connectivity index (χ1) is 9.88. The molecule has 0 bridgehead atoms. The Kier molecular flexibility index (Phi) is 6.36. The number of rotatable bonds is 7. The van der Waals surface area contributed by atoms with Gasteiger partial charge in [-0.3, -0.25) is 0 Å². The molecule has 0 saturated heterocycles. The molecule has 0 spiro atoms. The van der Waals surface area contributed by atoms with E-state index in [1.165, 1.54) is 24.3 Å². The van der Waals surface area contributed by atoms with Gasteiger partial charge in [-0.1, -0.05) is 6.92 Å². The van der Waals surface area contributed by atoms with E-state index in [1.807, 2.05) is 13.8 Å². The molecule has 7 heteroatoms. The van der Waals surface area contributed by atoms with Gasteiger partial charge in [0.25, 0.3) is 0 Å². The smallest absolute Gasteiger partial charge is 0.387 e. The van der Waals surface area contributed by atoms with Crippen LogP contribution in [0.5, 0.6) is 5.75 Å². The van der Waals surface area contributed by atoms with Crippen LogP contribution in [0.15, 0.2) is 24.3 Å². The molecule has 0 heterocycles. The summed E-state index contributed by atoms with van der Waals surface area (Å²) in [5.41, 5.74) is -0.0473. The summed E-state index contributed by atoms with van der Waals surface area (Å²) in [7, 11) is 0. The molecule has 0 fully saturated rings. The second-order valence-electron chi connectivity index (χ2n) is 4.87. The topological polar surface area (TPSA) is 70.6 Å². The lowest BCUT2D eigenvalue weighted by Gasteiger charge is -2.29. The molecular formula is C14H20F2N2O3. The van der Waals surface area contributed by atoms with E-state index in [0.717, 1.165) is 0 Å². The van der Waals surface area contributed by atoms with Crippen molar-refractivity contribution in [1.82, 2.24) is 5.32 Å². The van der Waals surface area contributed by atoms with Crippen LogP contribution in [-0.2, 0) is 0 Å². The number of carbonyl (C=O) groups is 1. The number of carbonyl (C=O) groups excluding carboxylic acids is 1. The maximum Gasteiger partial charge on any atom is 0.387 e. The Morgan fingerprint density at radius 2 is 2.00 bits per heavy atom. The van der Waals surface area contributed by atoms with E-state index in [0.29, 0.717) is 18.5 Å². The minimum absolute atomic E-state index is 0.0228. The van der Waals surface area contributed by atoms with Crippen molar-refractivity contribution in [1.29, 1.82) is 0 Å². The molecule has 5 nitrogen and oxygen atoms in total. The number of amides is 2. The molecule has 0 aliphatic carbocycles. The number of alkyl halides is 2. The van der Waals surface area contributed by atoms with Gasteiger partial charge >= 0.3 is 12.6 Å². The van der Waals surface area contributed by atoms with Crippen molar-refractivity contribution < 1.29 is 23.4 Å². The van der Waals surface area contributed by atoms with Crippen molar-refractivity contribution in [3.05, 3.63) is 24.3 Å². The molecule has 1 aromatic carbocycles. The summed E-state index contributed by atoms with van der Waals surface area (Å²) >= 11 is 0. The van der Waals surface area contributed by atoms with Gasteiger partial charge in [0, 0.05) is 17.8 Å². The third-order valence-corrected chi connectivity index (χ3v) is 3.20. The quantitative estimate of drug-likeness (QED) is 0.725. The lowest BCUT2D eigenvalue weighted by atomic mass is 9.95. The number of anilines is 1. The van der Waals surface area contributed by atoms with E-state index >= 15 is 0 Å². The highest BCUT2D eigenvalue weighted by Gasteiger charge is 2.23. The summed E-state index contributed by atoms with van der Waals surface area (Å²) in [5, 5.41) is 14.4. The zero-order valence-corrected chi connectivity index (χ0v) is 12.0. The Hall–Kier alpha value is -1.89. The van der Waals surface area contributed by atoms with Crippen LogP contribution in [0.4, 0.5) is 19.3 Å². The molecule has 1 atom stereocenters. The zero-order valence-electron chi connectivity index (χ0n) is 12.0. The van der Waals surface area contributed by atoms with Crippen molar-refractivity contribution in [3.63, 3.8) is 0 Å². The first kappa shape index (κ1) is 17.2. The molecule has 1 rings (SSSR count). The first-order valence-corrected chi connectivity index (χ1v) is 6.63. The Labute approximate surface area is 122 Å². The van der Waals surface area contributed by atoms with E-state index in [-0.39, 0.29) is 12.4 Å². The lowest BCUT2D eigenvalue weighted by Crippen LogP contribution is -2.48. The fourth-order valence-corrected chi connectivity index (χ4v) is 1.73. The van der Waals surface area contributed by atoms with Crippen LogP contribution in [0.1, 0.15) is 26.7 Å². The van der Waals surface area contributed by atoms with E-state index in [2.05, 4.69) is 15.4 Å². The van der Waals surface area contributed by atoms with Crippen LogP contribution < -0.4 is 15.4 Å². The standard InChI is InChI=1S/C14H20F2N2O3/c1-3-14(2,8-9-19)18-13(20)17-10-4-6-11(7-5-10)21-12(15)16/h4-7,12,19H,3,8-9H2,1-2H3,(H2,17,18,20). The average Bonchev–Trinajstić information content (AvgIpc) is 2.40. The largest absolute Gasteiger partial charge is 0.435 e. The molecule has 21 heavy (non-hydrogen) atoms. The van der Waals surface area contributed by atoms with E-state index in [9.17, 15) is 13.6 Å². The molecule has 0 aliphatic heterocycles. The summed E-state index contributed by atoms with van der Waals surface area (Å²) in [5.74, 6) is 0.0228. The highest BCUT2D eigenvalue weighted by molar-refractivity contribution is 5.89. The van der Waals surface area contributed by atoms with Crippen molar-refractivity contribution >= 4 is 11.7 Å². The zero-order chi connectivity index (χ0) is 15.9. The molecule has 0 aromatic heterocycles. The number of halogens is 2. The summed E-state index contributed by atoms with van der Waals surface area (Å²) < 4.78 is 28.2. The molecule has 0 aliphatic rings. The maximum absolute atomic E-state index is 12.0. The van der Waals surface area contributed by atoms with E-state index < -0.39 is 18.2 Å². The number of hydrogen-bond donors (Lipinski definition) is 3. The van der Waals surface area contributed by atoms with Gasteiger partial charge in [-0.15, -0.1) is 0 Å². The average molecular weight is 302 g/mol. The van der Waals surface area contributed by atoms with E-state index in [1.54, 1.807) is 0 Å². The maximum atomic E-state index is 12.0. The number of hydrogen-bond acceptors (Lipinski definition) is 3. The highest BCUT2D eigenvalue weighted by atomic mass is 19.3. The summed E-state index contributed by atoms with van der Waals surface area (Å²) in [6.45, 7) is 0.842. The van der Waals surface area contributed by atoms with Gasteiger partial charge in [0.1, 0.15) is 5.75 Å². The molecule has 118 valence electrons. The number of ether oxygens (including phenoxy) is 1. The van der Waals surface area contributed by atoms with Gasteiger partial charge in [-0.2, -0.15) is 8.78 Å². The highest BCUT2D eigenvalue weighted by Crippen LogP contribution is 2.18. The van der Waals surface area contributed by atoms with Crippen LogP contribution in [0.25, 0.3) is 0 Å². The molecule has 3 N–H and O–H groups in total. The fraction of sp³-hybridized carbons (Fsp3) is 0.500. The van der Waals surface area contributed by atoms with Crippen LogP contribution in [0.3, 0.4) is 0 Å². The van der Waals surface area contributed by atoms with Crippen molar-refractivity contribution in [2.24, 2.45) is 0 Å². The summed E-state index contributed by atoms with van der Waals surface area (Å²) in [6, 6.07) is 5.19. The molecule has 2 amide bonds.